The number of nitrogens with two attached hydrogens (primary N) is 1. The predicted molar refractivity (Wildman–Crippen MR) is 91.2 cm³/mol. The van der Waals surface area contributed by atoms with E-state index in [0.717, 1.165) is 12.8 Å². The van der Waals surface area contributed by atoms with E-state index in [2.05, 4.69) is 73.7 Å². The Balaban J connectivity index is 2.19. The van der Waals surface area contributed by atoms with Gasteiger partial charge in [-0.2, -0.15) is 0 Å². The largest absolute Gasteiger partial charge is 0.324 e. The highest BCUT2D eigenvalue weighted by atomic mass is 14.6. The van der Waals surface area contributed by atoms with E-state index in [1.807, 2.05) is 0 Å². The maximum Gasteiger partial charge on any atom is 0.0300 e. The lowest BCUT2D eigenvalue weighted by Crippen LogP contribution is -2.11. The van der Waals surface area contributed by atoms with Gasteiger partial charge in [-0.3, -0.25) is 0 Å². The minimum atomic E-state index is 0.102. The van der Waals surface area contributed by atoms with Crippen LogP contribution < -0.4 is 5.73 Å². The molecule has 0 heterocycles. The highest BCUT2D eigenvalue weighted by Crippen LogP contribution is 2.33. The summed E-state index contributed by atoms with van der Waals surface area (Å²) in [6.45, 7) is 2.18. The quantitative estimate of drug-likeness (QED) is 0.686. The van der Waals surface area contributed by atoms with E-state index in [1.54, 1.807) is 0 Å². The first kappa shape index (κ1) is 13.8. The van der Waals surface area contributed by atoms with Crippen molar-refractivity contribution in [3.05, 3.63) is 72.3 Å². The van der Waals surface area contributed by atoms with Crippen molar-refractivity contribution in [1.82, 2.24) is 0 Å². The van der Waals surface area contributed by atoms with Gasteiger partial charge in [-0.1, -0.05) is 80.1 Å². The summed E-state index contributed by atoms with van der Waals surface area (Å²) in [6.07, 6.45) is 2.12. The Labute approximate surface area is 126 Å². The molecule has 0 radical (unpaired) electrons. The molecule has 0 aliphatic heterocycles. The van der Waals surface area contributed by atoms with Crippen LogP contribution in [0.1, 0.15) is 31.4 Å². The van der Waals surface area contributed by atoms with Crippen LogP contribution in [0, 0.1) is 0 Å². The fourth-order valence-electron chi connectivity index (χ4n) is 2.99. The van der Waals surface area contributed by atoms with E-state index in [1.165, 1.54) is 27.5 Å². The molecule has 2 N–H and O–H groups in total. The number of fused-ring (bicyclic) bond motifs is 1. The van der Waals surface area contributed by atoms with E-state index in [4.69, 9.17) is 5.73 Å². The average Bonchev–Trinajstić information content (AvgIpc) is 2.54. The first-order valence-corrected chi connectivity index (χ1v) is 7.64. The van der Waals surface area contributed by atoms with Gasteiger partial charge < -0.3 is 5.73 Å². The molecule has 3 rings (SSSR count). The Hall–Kier alpha value is -2.12. The average molecular weight is 275 g/mol. The smallest absolute Gasteiger partial charge is 0.0300 e. The SMILES string of the molecule is CCCC(N)c1ccccc1-c1cccc2ccccc12. The highest BCUT2D eigenvalue weighted by molar-refractivity contribution is 5.97. The van der Waals surface area contributed by atoms with Crippen LogP contribution in [0.15, 0.2) is 66.7 Å². The van der Waals surface area contributed by atoms with Gasteiger partial charge in [0.25, 0.3) is 0 Å². The van der Waals surface area contributed by atoms with E-state index in [9.17, 15) is 0 Å². The molecule has 1 atom stereocenters. The summed E-state index contributed by atoms with van der Waals surface area (Å²) >= 11 is 0. The van der Waals surface area contributed by atoms with Crippen LogP contribution in [0.25, 0.3) is 21.9 Å². The summed E-state index contributed by atoms with van der Waals surface area (Å²) in [7, 11) is 0. The normalized spacial score (nSPS) is 12.5. The molecule has 0 aliphatic carbocycles. The molecule has 0 aliphatic rings. The van der Waals surface area contributed by atoms with Crippen LogP contribution >= 0.6 is 0 Å². The van der Waals surface area contributed by atoms with Gasteiger partial charge in [0.15, 0.2) is 0 Å². The van der Waals surface area contributed by atoms with Crippen LogP contribution in [0.4, 0.5) is 0 Å². The fourth-order valence-corrected chi connectivity index (χ4v) is 2.99. The Morgan fingerprint density at radius 2 is 1.48 bits per heavy atom. The van der Waals surface area contributed by atoms with E-state index >= 15 is 0 Å². The Morgan fingerprint density at radius 3 is 2.33 bits per heavy atom. The Morgan fingerprint density at radius 1 is 0.810 bits per heavy atom. The predicted octanol–water partition coefficient (Wildman–Crippen LogP) is 5.31. The lowest BCUT2D eigenvalue weighted by Gasteiger charge is -2.17. The molecule has 0 saturated heterocycles. The standard InChI is InChI=1S/C20H21N/c1-2-8-20(21)19-13-6-5-12-18(19)17-14-7-10-15-9-3-4-11-16(15)17/h3-7,9-14,20H,2,8,21H2,1H3. The van der Waals surface area contributed by atoms with Crippen molar-refractivity contribution in [1.29, 1.82) is 0 Å². The molecule has 0 amide bonds. The molecule has 3 aromatic carbocycles. The molecule has 0 aromatic heterocycles. The number of benzene rings is 3. The van der Waals surface area contributed by atoms with Gasteiger partial charge in [0.2, 0.25) is 0 Å². The third-order valence-electron chi connectivity index (χ3n) is 4.04. The number of hydrogen-bond donors (Lipinski definition) is 1. The van der Waals surface area contributed by atoms with Crippen LogP contribution in [0.3, 0.4) is 0 Å². The van der Waals surface area contributed by atoms with Gasteiger partial charge in [-0.05, 0) is 33.9 Å². The monoisotopic (exact) mass is 275 g/mol. The van der Waals surface area contributed by atoms with E-state index in [0.29, 0.717) is 0 Å². The lowest BCUT2D eigenvalue weighted by molar-refractivity contribution is 0.640. The first-order valence-electron chi connectivity index (χ1n) is 7.64. The summed E-state index contributed by atoms with van der Waals surface area (Å²) in [5, 5.41) is 2.56. The molecule has 0 saturated carbocycles. The molecule has 1 heteroatoms. The first-order chi connectivity index (χ1) is 10.3. The summed E-state index contributed by atoms with van der Waals surface area (Å²) in [6, 6.07) is 23.6. The zero-order valence-corrected chi connectivity index (χ0v) is 12.4. The van der Waals surface area contributed by atoms with Gasteiger partial charge >= 0.3 is 0 Å². The van der Waals surface area contributed by atoms with Crippen molar-refractivity contribution in [3.8, 4) is 11.1 Å². The second-order valence-corrected chi connectivity index (χ2v) is 5.51. The van der Waals surface area contributed by atoms with Gasteiger partial charge in [0.05, 0.1) is 0 Å². The van der Waals surface area contributed by atoms with Gasteiger partial charge in [-0.25, -0.2) is 0 Å². The maximum absolute atomic E-state index is 6.39. The molecule has 1 unspecified atom stereocenters. The molecule has 0 spiro atoms. The molecular formula is C20H21N. The molecule has 0 fully saturated rings. The summed E-state index contributed by atoms with van der Waals surface area (Å²) in [5.74, 6) is 0. The maximum atomic E-state index is 6.39. The summed E-state index contributed by atoms with van der Waals surface area (Å²) < 4.78 is 0. The summed E-state index contributed by atoms with van der Waals surface area (Å²) in [4.78, 5) is 0. The molecule has 3 aromatic rings. The third-order valence-corrected chi connectivity index (χ3v) is 4.04. The van der Waals surface area contributed by atoms with Gasteiger partial charge in [0.1, 0.15) is 0 Å². The molecule has 0 bridgehead atoms. The van der Waals surface area contributed by atoms with E-state index in [-0.39, 0.29) is 6.04 Å². The number of rotatable bonds is 4. The molecule has 21 heavy (non-hydrogen) atoms. The molecule has 1 nitrogen and oxygen atoms in total. The van der Waals surface area contributed by atoms with Crippen molar-refractivity contribution >= 4 is 10.8 Å². The van der Waals surface area contributed by atoms with Crippen LogP contribution in [-0.4, -0.2) is 0 Å². The Kier molecular flexibility index (Phi) is 4.03. The van der Waals surface area contributed by atoms with Crippen molar-refractivity contribution in [2.24, 2.45) is 5.73 Å². The second kappa shape index (κ2) is 6.11. The highest BCUT2D eigenvalue weighted by Gasteiger charge is 2.12. The van der Waals surface area contributed by atoms with Gasteiger partial charge in [-0.15, -0.1) is 0 Å². The minimum absolute atomic E-state index is 0.102. The minimum Gasteiger partial charge on any atom is -0.324 e. The summed E-state index contributed by atoms with van der Waals surface area (Å²) in [5.41, 5.74) is 10.2. The second-order valence-electron chi connectivity index (χ2n) is 5.51. The third kappa shape index (κ3) is 2.70. The number of hydrogen-bond acceptors (Lipinski definition) is 1. The van der Waals surface area contributed by atoms with Crippen molar-refractivity contribution < 1.29 is 0 Å². The van der Waals surface area contributed by atoms with Crippen LogP contribution in [0.5, 0.6) is 0 Å². The molecule has 106 valence electrons. The molecular weight excluding hydrogens is 254 g/mol. The van der Waals surface area contributed by atoms with Gasteiger partial charge in [0, 0.05) is 6.04 Å². The fraction of sp³-hybridized carbons (Fsp3) is 0.200. The van der Waals surface area contributed by atoms with Crippen molar-refractivity contribution in [3.63, 3.8) is 0 Å². The van der Waals surface area contributed by atoms with Crippen LogP contribution in [-0.2, 0) is 0 Å². The topological polar surface area (TPSA) is 26.0 Å². The van der Waals surface area contributed by atoms with Crippen molar-refractivity contribution in [2.45, 2.75) is 25.8 Å². The zero-order valence-electron chi connectivity index (χ0n) is 12.4. The lowest BCUT2D eigenvalue weighted by atomic mass is 9.90. The van der Waals surface area contributed by atoms with E-state index < -0.39 is 0 Å². The Bertz CT molecular complexity index is 740. The zero-order chi connectivity index (χ0) is 14.7. The van der Waals surface area contributed by atoms with Crippen LogP contribution in [0.2, 0.25) is 0 Å². The van der Waals surface area contributed by atoms with Crippen molar-refractivity contribution in [2.75, 3.05) is 0 Å².